The van der Waals surface area contributed by atoms with Gasteiger partial charge < -0.3 is 4.43 Å². The second kappa shape index (κ2) is 3.46. The Kier molecular flexibility index (Phi) is 2.51. The highest BCUT2D eigenvalue weighted by atomic mass is 28.4. The first-order valence-corrected chi connectivity index (χ1v) is 9.06. The Balaban J connectivity index is 2.18. The second-order valence-electron chi connectivity index (χ2n) is 5.79. The molecule has 1 aliphatic carbocycles. The Morgan fingerprint density at radius 2 is 1.53 bits per heavy atom. The number of benzene rings is 1. The Labute approximate surface area is 93.6 Å². The van der Waals surface area contributed by atoms with Crippen LogP contribution >= 0.6 is 0 Å². The summed E-state index contributed by atoms with van der Waals surface area (Å²) in [6.07, 6.45) is 2.15. The summed E-state index contributed by atoms with van der Waals surface area (Å²) in [6, 6.07) is 8.71. The third-order valence-electron chi connectivity index (χ3n) is 2.80. The molecule has 0 atom stereocenters. The van der Waals surface area contributed by atoms with E-state index in [9.17, 15) is 0 Å². The maximum Gasteiger partial charge on any atom is 0.184 e. The number of rotatable bonds is 2. The lowest BCUT2D eigenvalue weighted by atomic mass is 10.0. The van der Waals surface area contributed by atoms with Gasteiger partial charge in [-0.3, -0.25) is 0 Å². The van der Waals surface area contributed by atoms with Crippen LogP contribution in [-0.2, 0) is 17.3 Å². The molecule has 0 heterocycles. The van der Waals surface area contributed by atoms with E-state index < -0.39 is 8.32 Å². The molecule has 0 fully saturated rings. The maximum absolute atomic E-state index is 6.31. The van der Waals surface area contributed by atoms with Crippen molar-refractivity contribution in [2.24, 2.45) is 0 Å². The van der Waals surface area contributed by atoms with Crippen molar-refractivity contribution in [1.82, 2.24) is 0 Å². The summed E-state index contributed by atoms with van der Waals surface area (Å²) in [5.74, 6) is 0. The first-order valence-electron chi connectivity index (χ1n) is 5.65. The summed E-state index contributed by atoms with van der Waals surface area (Å²) in [6.45, 7) is 9.05. The van der Waals surface area contributed by atoms with Crippen molar-refractivity contribution in [2.75, 3.05) is 0 Å². The van der Waals surface area contributed by atoms with Crippen LogP contribution in [0.15, 0.2) is 24.3 Å². The molecule has 0 saturated heterocycles. The van der Waals surface area contributed by atoms with Gasteiger partial charge in [-0.25, -0.2) is 0 Å². The Morgan fingerprint density at radius 1 is 1.07 bits per heavy atom. The standard InChI is InChI=1S/C13H20OSi/c1-13(14-15(2,3)4)9-11-7-5-6-8-12(11)10-13/h5-8H,9-10H2,1-4H3. The van der Waals surface area contributed by atoms with E-state index >= 15 is 0 Å². The van der Waals surface area contributed by atoms with Crippen LogP contribution in [0.5, 0.6) is 0 Å². The van der Waals surface area contributed by atoms with Crippen LogP contribution in [0.4, 0.5) is 0 Å². The smallest absolute Gasteiger partial charge is 0.184 e. The predicted octanol–water partition coefficient (Wildman–Crippen LogP) is 3.40. The Morgan fingerprint density at radius 3 is 1.93 bits per heavy atom. The van der Waals surface area contributed by atoms with Gasteiger partial charge in [-0.05, 0) is 37.7 Å². The highest BCUT2D eigenvalue weighted by molar-refractivity contribution is 6.69. The molecule has 0 saturated carbocycles. The molecule has 82 valence electrons. The molecule has 0 bridgehead atoms. The quantitative estimate of drug-likeness (QED) is 0.694. The average Bonchev–Trinajstić information content (AvgIpc) is 2.35. The van der Waals surface area contributed by atoms with Crippen LogP contribution in [0.2, 0.25) is 19.6 Å². The van der Waals surface area contributed by atoms with Gasteiger partial charge >= 0.3 is 0 Å². The summed E-state index contributed by atoms with van der Waals surface area (Å²) < 4.78 is 6.31. The van der Waals surface area contributed by atoms with E-state index in [-0.39, 0.29) is 5.60 Å². The fraction of sp³-hybridized carbons (Fsp3) is 0.538. The molecule has 0 amide bonds. The lowest BCUT2D eigenvalue weighted by Crippen LogP contribution is -2.41. The van der Waals surface area contributed by atoms with Crippen molar-refractivity contribution in [1.29, 1.82) is 0 Å². The molecule has 2 rings (SSSR count). The lowest BCUT2D eigenvalue weighted by molar-refractivity contribution is 0.0924. The summed E-state index contributed by atoms with van der Waals surface area (Å²) in [5, 5.41) is 0. The first-order chi connectivity index (χ1) is 6.88. The van der Waals surface area contributed by atoms with E-state index in [0.29, 0.717) is 0 Å². The van der Waals surface area contributed by atoms with Crippen LogP contribution in [0.3, 0.4) is 0 Å². The van der Waals surface area contributed by atoms with Gasteiger partial charge in [-0.15, -0.1) is 0 Å². The van der Waals surface area contributed by atoms with Gasteiger partial charge in [-0.2, -0.15) is 0 Å². The van der Waals surface area contributed by atoms with E-state index in [2.05, 4.69) is 50.8 Å². The van der Waals surface area contributed by atoms with Gasteiger partial charge in [0, 0.05) is 12.8 Å². The summed E-state index contributed by atoms with van der Waals surface area (Å²) in [7, 11) is -1.43. The number of fused-ring (bicyclic) bond motifs is 1. The van der Waals surface area contributed by atoms with Crippen LogP contribution in [-0.4, -0.2) is 13.9 Å². The molecular formula is C13H20OSi. The minimum absolute atomic E-state index is 0.0498. The fourth-order valence-electron chi connectivity index (χ4n) is 2.58. The molecule has 0 aromatic heterocycles. The van der Waals surface area contributed by atoms with Gasteiger partial charge in [0.2, 0.25) is 0 Å². The van der Waals surface area contributed by atoms with Gasteiger partial charge in [0.05, 0.1) is 5.60 Å². The van der Waals surface area contributed by atoms with Crippen molar-refractivity contribution in [3.63, 3.8) is 0 Å². The molecule has 0 N–H and O–H groups in total. The summed E-state index contributed by atoms with van der Waals surface area (Å²) in [5.41, 5.74) is 2.99. The minimum atomic E-state index is -1.43. The normalized spacial score (nSPS) is 18.9. The van der Waals surface area contributed by atoms with Crippen LogP contribution in [0.25, 0.3) is 0 Å². The zero-order valence-corrected chi connectivity index (χ0v) is 11.1. The maximum atomic E-state index is 6.31. The molecule has 2 heteroatoms. The largest absolute Gasteiger partial charge is 0.412 e. The highest BCUT2D eigenvalue weighted by Gasteiger charge is 2.37. The number of hydrogen-bond donors (Lipinski definition) is 0. The van der Waals surface area contributed by atoms with Gasteiger partial charge in [0.15, 0.2) is 8.32 Å². The molecule has 1 nitrogen and oxygen atoms in total. The average molecular weight is 220 g/mol. The van der Waals surface area contributed by atoms with E-state index in [1.54, 1.807) is 0 Å². The molecule has 0 spiro atoms. The summed E-state index contributed by atoms with van der Waals surface area (Å²) in [4.78, 5) is 0. The SMILES string of the molecule is CC1(O[Si](C)(C)C)Cc2ccccc2C1. The molecular weight excluding hydrogens is 200 g/mol. The molecule has 0 aliphatic heterocycles. The van der Waals surface area contributed by atoms with E-state index in [0.717, 1.165) is 12.8 Å². The van der Waals surface area contributed by atoms with Crippen LogP contribution < -0.4 is 0 Å². The predicted molar refractivity (Wildman–Crippen MR) is 66.7 cm³/mol. The van der Waals surface area contributed by atoms with Gasteiger partial charge in [0.25, 0.3) is 0 Å². The molecule has 0 unspecified atom stereocenters. The minimum Gasteiger partial charge on any atom is -0.412 e. The topological polar surface area (TPSA) is 9.23 Å². The Bertz CT molecular complexity index is 340. The van der Waals surface area contributed by atoms with E-state index in [1.165, 1.54) is 11.1 Å². The molecule has 1 aromatic rings. The van der Waals surface area contributed by atoms with Crippen molar-refractivity contribution in [3.8, 4) is 0 Å². The zero-order chi connectivity index (χ0) is 11.1. The third kappa shape index (κ3) is 2.50. The van der Waals surface area contributed by atoms with Gasteiger partial charge in [-0.1, -0.05) is 24.3 Å². The van der Waals surface area contributed by atoms with Crippen LogP contribution in [0.1, 0.15) is 18.1 Å². The Hall–Kier alpha value is -0.603. The van der Waals surface area contributed by atoms with Crippen molar-refractivity contribution in [3.05, 3.63) is 35.4 Å². The monoisotopic (exact) mass is 220 g/mol. The van der Waals surface area contributed by atoms with Crippen LogP contribution in [0, 0.1) is 0 Å². The molecule has 1 aromatic carbocycles. The molecule has 0 radical (unpaired) electrons. The molecule has 1 aliphatic rings. The second-order valence-corrected chi connectivity index (χ2v) is 10.2. The van der Waals surface area contributed by atoms with Gasteiger partial charge in [0.1, 0.15) is 0 Å². The first kappa shape index (κ1) is 10.9. The highest BCUT2D eigenvalue weighted by Crippen LogP contribution is 2.34. The van der Waals surface area contributed by atoms with Crippen molar-refractivity contribution in [2.45, 2.75) is 45.0 Å². The number of hydrogen-bond acceptors (Lipinski definition) is 1. The third-order valence-corrected chi connectivity index (χ3v) is 3.90. The van der Waals surface area contributed by atoms with Crippen molar-refractivity contribution < 1.29 is 4.43 Å². The van der Waals surface area contributed by atoms with E-state index in [1.807, 2.05) is 0 Å². The zero-order valence-electron chi connectivity index (χ0n) is 10.1. The fourth-order valence-corrected chi connectivity index (χ4v) is 4.20. The lowest BCUT2D eigenvalue weighted by Gasteiger charge is -2.32. The van der Waals surface area contributed by atoms with E-state index in [4.69, 9.17) is 4.43 Å². The summed E-state index contributed by atoms with van der Waals surface area (Å²) >= 11 is 0. The van der Waals surface area contributed by atoms with Crippen molar-refractivity contribution >= 4 is 8.32 Å². The molecule has 15 heavy (non-hydrogen) atoms.